The molecule has 1 aliphatic rings. The molecule has 1 heterocycles. The van der Waals surface area contributed by atoms with E-state index in [0.717, 1.165) is 55.5 Å². The Bertz CT molecular complexity index is 784. The molecule has 1 saturated heterocycles. The average Bonchev–Trinajstić information content (AvgIpc) is 2.73. The molecule has 1 fully saturated rings. The number of piperazine rings is 1. The highest BCUT2D eigenvalue weighted by Crippen LogP contribution is 2.23. The number of quaternary nitrogens is 1. The SMILES string of the molecule is COc1ccc(OC)c(C[NH+]2CCN(C(=O)COc3ccc(C)cc3)CC2)c1. The molecule has 0 spiro atoms. The van der Waals surface area contributed by atoms with Gasteiger partial charge >= 0.3 is 0 Å². The monoisotopic (exact) mass is 385 g/mol. The van der Waals surface area contributed by atoms with E-state index in [9.17, 15) is 4.79 Å². The van der Waals surface area contributed by atoms with Crippen LogP contribution in [0.4, 0.5) is 0 Å². The van der Waals surface area contributed by atoms with Crippen molar-refractivity contribution in [1.29, 1.82) is 0 Å². The standard InChI is InChI=1S/C22H28N2O4/c1-17-4-6-19(7-5-17)28-16-22(25)24-12-10-23(11-13-24)15-18-14-20(26-2)8-9-21(18)27-3/h4-9,14H,10-13,15-16H2,1-3H3/p+1. The summed E-state index contributed by atoms with van der Waals surface area (Å²) in [4.78, 5) is 15.8. The number of hydrogen-bond donors (Lipinski definition) is 1. The summed E-state index contributed by atoms with van der Waals surface area (Å²) in [7, 11) is 3.35. The molecule has 2 aromatic rings. The Hall–Kier alpha value is -2.73. The molecular formula is C22H29N2O4+. The van der Waals surface area contributed by atoms with Gasteiger partial charge in [-0.25, -0.2) is 0 Å². The Morgan fingerprint density at radius 1 is 1.00 bits per heavy atom. The van der Waals surface area contributed by atoms with Gasteiger partial charge in [0.15, 0.2) is 6.61 Å². The number of nitrogens with zero attached hydrogens (tertiary/aromatic N) is 1. The summed E-state index contributed by atoms with van der Waals surface area (Å²) in [6.45, 7) is 6.23. The Balaban J connectivity index is 1.49. The average molecular weight is 385 g/mol. The molecule has 1 N–H and O–H groups in total. The molecule has 1 amide bonds. The number of benzene rings is 2. The first-order chi connectivity index (χ1) is 13.6. The van der Waals surface area contributed by atoms with Crippen molar-refractivity contribution in [1.82, 2.24) is 4.90 Å². The summed E-state index contributed by atoms with van der Waals surface area (Å²) in [5, 5.41) is 0. The van der Waals surface area contributed by atoms with Crippen molar-refractivity contribution in [2.75, 3.05) is 47.0 Å². The van der Waals surface area contributed by atoms with E-state index >= 15 is 0 Å². The molecule has 0 aromatic heterocycles. The predicted octanol–water partition coefficient (Wildman–Crippen LogP) is 1.32. The molecule has 0 bridgehead atoms. The van der Waals surface area contributed by atoms with Crippen LogP contribution < -0.4 is 19.1 Å². The molecule has 6 nitrogen and oxygen atoms in total. The lowest BCUT2D eigenvalue weighted by atomic mass is 10.1. The number of methoxy groups -OCH3 is 2. The predicted molar refractivity (Wildman–Crippen MR) is 107 cm³/mol. The van der Waals surface area contributed by atoms with Crippen LogP contribution in [0.2, 0.25) is 0 Å². The van der Waals surface area contributed by atoms with Gasteiger partial charge in [-0.05, 0) is 37.3 Å². The van der Waals surface area contributed by atoms with Crippen LogP contribution in [0.1, 0.15) is 11.1 Å². The van der Waals surface area contributed by atoms with Gasteiger partial charge in [0.1, 0.15) is 23.8 Å². The van der Waals surface area contributed by atoms with Gasteiger partial charge in [0.05, 0.1) is 46.0 Å². The third-order valence-electron chi connectivity index (χ3n) is 5.13. The second kappa shape index (κ2) is 9.46. The van der Waals surface area contributed by atoms with Gasteiger partial charge in [-0.2, -0.15) is 0 Å². The van der Waals surface area contributed by atoms with Crippen LogP contribution >= 0.6 is 0 Å². The van der Waals surface area contributed by atoms with Crippen LogP contribution in [-0.2, 0) is 11.3 Å². The zero-order chi connectivity index (χ0) is 19.9. The van der Waals surface area contributed by atoms with E-state index in [-0.39, 0.29) is 12.5 Å². The molecule has 0 radical (unpaired) electrons. The van der Waals surface area contributed by atoms with Gasteiger partial charge in [0, 0.05) is 0 Å². The van der Waals surface area contributed by atoms with Gasteiger partial charge in [0.25, 0.3) is 5.91 Å². The third-order valence-corrected chi connectivity index (χ3v) is 5.13. The summed E-state index contributed by atoms with van der Waals surface area (Å²) >= 11 is 0. The van der Waals surface area contributed by atoms with E-state index in [1.54, 1.807) is 14.2 Å². The zero-order valence-corrected chi connectivity index (χ0v) is 16.9. The lowest BCUT2D eigenvalue weighted by Crippen LogP contribution is -3.13. The number of nitrogens with one attached hydrogen (secondary N) is 1. The minimum Gasteiger partial charge on any atom is -0.497 e. The molecule has 0 saturated carbocycles. The van der Waals surface area contributed by atoms with Gasteiger partial charge in [-0.15, -0.1) is 0 Å². The fourth-order valence-corrected chi connectivity index (χ4v) is 3.41. The van der Waals surface area contributed by atoms with Crippen LogP contribution in [-0.4, -0.2) is 57.8 Å². The van der Waals surface area contributed by atoms with E-state index in [1.165, 1.54) is 10.5 Å². The molecule has 150 valence electrons. The minimum absolute atomic E-state index is 0.0404. The second-order valence-electron chi connectivity index (χ2n) is 7.09. The van der Waals surface area contributed by atoms with Crippen molar-refractivity contribution in [3.8, 4) is 17.2 Å². The largest absolute Gasteiger partial charge is 0.497 e. The number of aryl methyl sites for hydroxylation is 1. The molecule has 6 heteroatoms. The molecule has 28 heavy (non-hydrogen) atoms. The summed E-state index contributed by atoms with van der Waals surface area (Å²) in [5.74, 6) is 2.47. The number of carbonyl (C=O) groups is 1. The van der Waals surface area contributed by atoms with Crippen LogP contribution in [0.15, 0.2) is 42.5 Å². The van der Waals surface area contributed by atoms with E-state index in [4.69, 9.17) is 14.2 Å². The van der Waals surface area contributed by atoms with Crippen molar-refractivity contribution in [2.45, 2.75) is 13.5 Å². The molecule has 2 aromatic carbocycles. The smallest absolute Gasteiger partial charge is 0.260 e. The number of carbonyl (C=O) groups excluding carboxylic acids is 1. The number of rotatable bonds is 7. The van der Waals surface area contributed by atoms with Crippen LogP contribution in [0.5, 0.6) is 17.2 Å². The van der Waals surface area contributed by atoms with Gasteiger partial charge in [-0.1, -0.05) is 17.7 Å². The first-order valence-corrected chi connectivity index (χ1v) is 9.60. The lowest BCUT2D eigenvalue weighted by Gasteiger charge is -2.32. The van der Waals surface area contributed by atoms with Crippen molar-refractivity contribution < 1.29 is 23.9 Å². The highest BCUT2D eigenvalue weighted by molar-refractivity contribution is 5.77. The quantitative estimate of drug-likeness (QED) is 0.781. The van der Waals surface area contributed by atoms with Gasteiger partial charge < -0.3 is 24.0 Å². The maximum Gasteiger partial charge on any atom is 0.260 e. The van der Waals surface area contributed by atoms with E-state index < -0.39 is 0 Å². The number of amides is 1. The van der Waals surface area contributed by atoms with Crippen LogP contribution in [0, 0.1) is 6.92 Å². The number of ether oxygens (including phenoxy) is 3. The Morgan fingerprint density at radius 3 is 2.32 bits per heavy atom. The first kappa shape index (κ1) is 20.0. The topological polar surface area (TPSA) is 52.4 Å². The number of hydrogen-bond acceptors (Lipinski definition) is 4. The summed E-state index contributed by atoms with van der Waals surface area (Å²) in [6, 6.07) is 13.6. The Labute approximate surface area is 166 Å². The lowest BCUT2D eigenvalue weighted by molar-refractivity contribution is -0.917. The fraction of sp³-hybridized carbons (Fsp3) is 0.409. The van der Waals surface area contributed by atoms with E-state index in [0.29, 0.717) is 0 Å². The maximum atomic E-state index is 12.4. The molecule has 0 unspecified atom stereocenters. The highest BCUT2D eigenvalue weighted by Gasteiger charge is 2.25. The summed E-state index contributed by atoms with van der Waals surface area (Å²) in [5.41, 5.74) is 2.30. The fourth-order valence-electron chi connectivity index (χ4n) is 3.41. The van der Waals surface area contributed by atoms with Gasteiger partial charge in [0.2, 0.25) is 0 Å². The molecule has 3 rings (SSSR count). The summed E-state index contributed by atoms with van der Waals surface area (Å²) in [6.07, 6.45) is 0. The maximum absolute atomic E-state index is 12.4. The van der Waals surface area contributed by atoms with Crippen LogP contribution in [0.25, 0.3) is 0 Å². The van der Waals surface area contributed by atoms with E-state index in [2.05, 4.69) is 0 Å². The normalized spacial score (nSPS) is 14.6. The Morgan fingerprint density at radius 2 is 1.68 bits per heavy atom. The van der Waals surface area contributed by atoms with Crippen molar-refractivity contribution >= 4 is 5.91 Å². The second-order valence-corrected chi connectivity index (χ2v) is 7.09. The molecule has 0 aliphatic carbocycles. The molecule has 1 aliphatic heterocycles. The third kappa shape index (κ3) is 5.16. The van der Waals surface area contributed by atoms with Crippen molar-refractivity contribution in [2.24, 2.45) is 0 Å². The van der Waals surface area contributed by atoms with Crippen molar-refractivity contribution in [3.05, 3.63) is 53.6 Å². The van der Waals surface area contributed by atoms with Crippen molar-refractivity contribution in [3.63, 3.8) is 0 Å². The van der Waals surface area contributed by atoms with Gasteiger partial charge in [-0.3, -0.25) is 4.79 Å². The van der Waals surface area contributed by atoms with Crippen LogP contribution in [0.3, 0.4) is 0 Å². The zero-order valence-electron chi connectivity index (χ0n) is 16.9. The Kier molecular flexibility index (Phi) is 6.76. The summed E-state index contributed by atoms with van der Waals surface area (Å²) < 4.78 is 16.4. The minimum atomic E-state index is 0.0404. The highest BCUT2D eigenvalue weighted by atomic mass is 16.5. The van der Waals surface area contributed by atoms with E-state index in [1.807, 2.05) is 54.3 Å². The molecule has 0 atom stereocenters. The first-order valence-electron chi connectivity index (χ1n) is 9.60. The molecular weight excluding hydrogens is 356 g/mol.